The van der Waals surface area contributed by atoms with E-state index in [0.29, 0.717) is 24.0 Å². The predicted molar refractivity (Wildman–Crippen MR) is 48.8 cm³/mol. The van der Waals surface area contributed by atoms with Crippen molar-refractivity contribution in [1.82, 2.24) is 10.1 Å². The Kier molecular flexibility index (Phi) is 3.27. The van der Waals surface area contributed by atoms with Gasteiger partial charge in [0.15, 0.2) is 0 Å². The number of nitrogens with zero attached hydrogens (tertiary/aromatic N) is 2. The highest BCUT2D eigenvalue weighted by Gasteiger charge is 2.25. The van der Waals surface area contributed by atoms with Crippen molar-refractivity contribution >= 4 is 11.6 Å². The second kappa shape index (κ2) is 4.07. The van der Waals surface area contributed by atoms with E-state index in [4.69, 9.17) is 20.9 Å². The zero-order valence-electron chi connectivity index (χ0n) is 8.00. The molecular formula is C8H13ClN2O2. The summed E-state index contributed by atoms with van der Waals surface area (Å²) in [6.07, 6.45) is 0.592. The number of rotatable bonds is 4. The minimum Gasteiger partial charge on any atom is -0.371 e. The van der Waals surface area contributed by atoms with Gasteiger partial charge in [0.05, 0.1) is 0 Å². The van der Waals surface area contributed by atoms with E-state index in [1.807, 2.05) is 13.8 Å². The molecule has 0 amide bonds. The van der Waals surface area contributed by atoms with Crippen LogP contribution < -0.4 is 0 Å². The molecule has 0 atom stereocenters. The monoisotopic (exact) mass is 204 g/mol. The van der Waals surface area contributed by atoms with Crippen LogP contribution in [0.25, 0.3) is 0 Å². The Labute approximate surface area is 82.2 Å². The number of aromatic nitrogens is 2. The molecule has 0 aromatic carbocycles. The summed E-state index contributed by atoms with van der Waals surface area (Å²) in [5.41, 5.74) is -0.506. The van der Waals surface area contributed by atoms with Crippen molar-refractivity contribution in [2.24, 2.45) is 0 Å². The molecule has 0 saturated heterocycles. The van der Waals surface area contributed by atoms with Crippen LogP contribution >= 0.6 is 11.6 Å². The predicted octanol–water partition coefficient (Wildman–Crippen LogP) is 1.73. The molecule has 1 rings (SSSR count). The topological polar surface area (TPSA) is 48.2 Å². The molecule has 74 valence electrons. The molecule has 0 radical (unpaired) electrons. The lowest BCUT2D eigenvalue weighted by Gasteiger charge is -2.17. The normalized spacial score (nSPS) is 12.0. The van der Waals surface area contributed by atoms with Crippen LogP contribution in [0.3, 0.4) is 0 Å². The van der Waals surface area contributed by atoms with Gasteiger partial charge in [0.25, 0.3) is 0 Å². The summed E-state index contributed by atoms with van der Waals surface area (Å²) < 4.78 is 10.2. The molecule has 0 unspecified atom stereocenters. The molecule has 0 spiro atoms. The molecule has 1 aromatic heterocycles. The average Bonchev–Trinajstić information content (AvgIpc) is 2.54. The van der Waals surface area contributed by atoms with Gasteiger partial charge in [0, 0.05) is 19.4 Å². The zero-order chi connectivity index (χ0) is 9.90. The van der Waals surface area contributed by atoms with E-state index < -0.39 is 5.60 Å². The summed E-state index contributed by atoms with van der Waals surface area (Å²) >= 11 is 5.53. The molecule has 0 aliphatic rings. The van der Waals surface area contributed by atoms with E-state index in [0.717, 1.165) is 0 Å². The van der Waals surface area contributed by atoms with Gasteiger partial charge in [0.1, 0.15) is 5.60 Å². The third-order valence-corrected chi connectivity index (χ3v) is 2.01. The van der Waals surface area contributed by atoms with Crippen molar-refractivity contribution in [2.45, 2.75) is 25.9 Å². The molecule has 4 nitrogen and oxygen atoms in total. The molecule has 1 aromatic rings. The molecule has 1 heterocycles. The first-order valence-electron chi connectivity index (χ1n) is 4.04. The van der Waals surface area contributed by atoms with Crippen LogP contribution in [0.5, 0.6) is 0 Å². The van der Waals surface area contributed by atoms with Crippen molar-refractivity contribution in [1.29, 1.82) is 0 Å². The van der Waals surface area contributed by atoms with E-state index in [1.54, 1.807) is 7.11 Å². The maximum Gasteiger partial charge on any atom is 0.227 e. The van der Waals surface area contributed by atoms with Crippen molar-refractivity contribution in [3.8, 4) is 0 Å². The Hall–Kier alpha value is -0.610. The quantitative estimate of drug-likeness (QED) is 0.701. The maximum absolute atomic E-state index is 5.53. The van der Waals surface area contributed by atoms with Crippen LogP contribution in [0.4, 0.5) is 0 Å². The van der Waals surface area contributed by atoms with Crippen molar-refractivity contribution in [3.63, 3.8) is 0 Å². The Bertz CT molecular complexity index is 273. The molecule has 0 N–H and O–H groups in total. The maximum atomic E-state index is 5.53. The zero-order valence-corrected chi connectivity index (χ0v) is 8.76. The van der Waals surface area contributed by atoms with E-state index >= 15 is 0 Å². The van der Waals surface area contributed by atoms with E-state index in [1.165, 1.54) is 0 Å². The van der Waals surface area contributed by atoms with Crippen LogP contribution in [-0.2, 0) is 16.8 Å². The Morgan fingerprint density at radius 2 is 2.23 bits per heavy atom. The molecule has 13 heavy (non-hydrogen) atoms. The Morgan fingerprint density at radius 3 is 2.77 bits per heavy atom. The lowest BCUT2D eigenvalue weighted by Crippen LogP contribution is -2.21. The summed E-state index contributed by atoms with van der Waals surface area (Å²) in [5, 5.41) is 3.81. The van der Waals surface area contributed by atoms with Crippen LogP contribution in [0.1, 0.15) is 25.6 Å². The highest BCUT2D eigenvalue weighted by atomic mass is 35.5. The molecule has 0 aliphatic heterocycles. The third kappa shape index (κ3) is 2.42. The first-order chi connectivity index (χ1) is 6.10. The summed E-state index contributed by atoms with van der Waals surface area (Å²) in [6.45, 7) is 3.75. The fourth-order valence-corrected chi connectivity index (χ4v) is 0.935. The SMILES string of the molecule is COC(C)(C)c1noc(CCCl)n1. The van der Waals surface area contributed by atoms with Gasteiger partial charge in [-0.3, -0.25) is 0 Å². The van der Waals surface area contributed by atoms with Crippen molar-refractivity contribution < 1.29 is 9.26 Å². The summed E-state index contributed by atoms with van der Waals surface area (Å²) in [6, 6.07) is 0. The van der Waals surface area contributed by atoms with Gasteiger partial charge in [0.2, 0.25) is 11.7 Å². The van der Waals surface area contributed by atoms with Gasteiger partial charge < -0.3 is 9.26 Å². The van der Waals surface area contributed by atoms with E-state index in [2.05, 4.69) is 10.1 Å². The lowest BCUT2D eigenvalue weighted by atomic mass is 10.1. The first-order valence-corrected chi connectivity index (χ1v) is 4.58. The highest BCUT2D eigenvalue weighted by molar-refractivity contribution is 6.17. The van der Waals surface area contributed by atoms with Gasteiger partial charge in [-0.05, 0) is 13.8 Å². The van der Waals surface area contributed by atoms with Gasteiger partial charge in [-0.2, -0.15) is 4.98 Å². The Balaban J connectivity index is 2.79. The Morgan fingerprint density at radius 1 is 1.54 bits per heavy atom. The lowest BCUT2D eigenvalue weighted by molar-refractivity contribution is 0.00973. The van der Waals surface area contributed by atoms with Gasteiger partial charge in [-0.15, -0.1) is 11.6 Å². The number of methoxy groups -OCH3 is 1. The summed E-state index contributed by atoms with van der Waals surface area (Å²) in [4.78, 5) is 4.16. The fraction of sp³-hybridized carbons (Fsp3) is 0.750. The van der Waals surface area contributed by atoms with E-state index in [9.17, 15) is 0 Å². The summed E-state index contributed by atoms with van der Waals surface area (Å²) in [7, 11) is 1.61. The smallest absolute Gasteiger partial charge is 0.227 e. The average molecular weight is 205 g/mol. The number of hydrogen-bond acceptors (Lipinski definition) is 4. The standard InChI is InChI=1S/C8H13ClN2O2/c1-8(2,12-3)7-10-6(4-5-9)13-11-7/h4-5H2,1-3H3. The third-order valence-electron chi connectivity index (χ3n) is 1.83. The fourth-order valence-electron chi connectivity index (χ4n) is 0.773. The number of aryl methyl sites for hydroxylation is 1. The van der Waals surface area contributed by atoms with Gasteiger partial charge in [-0.25, -0.2) is 0 Å². The first kappa shape index (κ1) is 10.5. The molecule has 5 heteroatoms. The highest BCUT2D eigenvalue weighted by Crippen LogP contribution is 2.20. The molecular weight excluding hydrogens is 192 g/mol. The molecule has 0 aliphatic carbocycles. The second-order valence-electron chi connectivity index (χ2n) is 3.17. The van der Waals surface area contributed by atoms with E-state index in [-0.39, 0.29) is 0 Å². The van der Waals surface area contributed by atoms with Gasteiger partial charge >= 0.3 is 0 Å². The molecule has 0 bridgehead atoms. The number of hydrogen-bond donors (Lipinski definition) is 0. The van der Waals surface area contributed by atoms with Crippen LogP contribution in [0.15, 0.2) is 4.52 Å². The van der Waals surface area contributed by atoms with Crippen molar-refractivity contribution in [3.05, 3.63) is 11.7 Å². The molecule has 0 fully saturated rings. The largest absolute Gasteiger partial charge is 0.371 e. The van der Waals surface area contributed by atoms with Gasteiger partial charge in [-0.1, -0.05) is 5.16 Å². The number of halogens is 1. The second-order valence-corrected chi connectivity index (χ2v) is 3.54. The van der Waals surface area contributed by atoms with Crippen LogP contribution in [0.2, 0.25) is 0 Å². The number of ether oxygens (including phenoxy) is 1. The van der Waals surface area contributed by atoms with Crippen LogP contribution in [0, 0.1) is 0 Å². The molecule has 0 saturated carbocycles. The van der Waals surface area contributed by atoms with Crippen LogP contribution in [-0.4, -0.2) is 23.1 Å². The minimum atomic E-state index is -0.506. The number of alkyl halides is 1. The van der Waals surface area contributed by atoms with Crippen molar-refractivity contribution in [2.75, 3.05) is 13.0 Å². The minimum absolute atomic E-state index is 0.481. The summed E-state index contributed by atoms with van der Waals surface area (Å²) in [5.74, 6) is 1.58.